The van der Waals surface area contributed by atoms with E-state index in [2.05, 4.69) is 26.0 Å². The molecule has 3 rings (SSSR count). The van der Waals surface area contributed by atoms with Gasteiger partial charge in [0, 0.05) is 22.1 Å². The van der Waals surface area contributed by atoms with E-state index in [1.165, 1.54) is 4.68 Å². The molecule has 0 unspecified atom stereocenters. The van der Waals surface area contributed by atoms with Gasteiger partial charge in [-0.1, -0.05) is 22.0 Å². The molecule has 21 heavy (non-hydrogen) atoms. The maximum Gasteiger partial charge on any atom is 0.274 e. The molecule has 0 bridgehead atoms. The summed E-state index contributed by atoms with van der Waals surface area (Å²) < 4.78 is 7.37. The van der Waals surface area contributed by atoms with Crippen molar-refractivity contribution in [1.82, 2.24) is 14.8 Å². The number of nitrogens with zero attached hydrogens (tertiary/aromatic N) is 3. The fraction of sp³-hybridized carbons (Fsp3) is 0.133. The molecule has 0 N–H and O–H groups in total. The van der Waals surface area contributed by atoms with Gasteiger partial charge in [0.05, 0.1) is 25.2 Å². The average Bonchev–Trinajstić information content (AvgIpc) is 2.51. The molecule has 0 aliphatic rings. The fourth-order valence-corrected chi connectivity index (χ4v) is 2.45. The van der Waals surface area contributed by atoms with Crippen LogP contribution in [0.1, 0.15) is 5.56 Å². The quantitative estimate of drug-likeness (QED) is 0.732. The van der Waals surface area contributed by atoms with Crippen LogP contribution in [0.3, 0.4) is 0 Å². The van der Waals surface area contributed by atoms with Crippen molar-refractivity contribution >= 4 is 26.7 Å². The van der Waals surface area contributed by atoms with Crippen molar-refractivity contribution in [2.45, 2.75) is 6.54 Å². The molecule has 0 spiro atoms. The number of methoxy groups -OCH3 is 1. The van der Waals surface area contributed by atoms with Crippen LogP contribution in [0, 0.1) is 0 Å². The summed E-state index contributed by atoms with van der Waals surface area (Å²) in [5.41, 5.74) is 0.776. The number of benzene rings is 1. The minimum absolute atomic E-state index is 0.115. The Labute approximate surface area is 129 Å². The molecule has 0 radical (unpaired) electrons. The number of ether oxygens (including phenoxy) is 1. The summed E-state index contributed by atoms with van der Waals surface area (Å²) in [6.07, 6.45) is 3.37. The molecular formula is C15H12BrN3O2. The molecule has 106 valence electrons. The van der Waals surface area contributed by atoms with Crippen LogP contribution in [-0.2, 0) is 6.54 Å². The fourth-order valence-electron chi connectivity index (χ4n) is 2.07. The second-order valence-electron chi connectivity index (χ2n) is 4.55. The van der Waals surface area contributed by atoms with Gasteiger partial charge in [-0.2, -0.15) is 5.10 Å². The highest BCUT2D eigenvalue weighted by Crippen LogP contribution is 2.16. The standard InChI is InChI=1S/C15H12BrN3O2/c1-21-14-5-2-10(7-17-14)9-19-15(20)13-4-3-12(16)6-11(13)8-18-19/h2-8H,9H2,1H3. The van der Waals surface area contributed by atoms with Crippen molar-refractivity contribution in [3.63, 3.8) is 0 Å². The van der Waals surface area contributed by atoms with Gasteiger partial charge in [0.15, 0.2) is 0 Å². The van der Waals surface area contributed by atoms with Gasteiger partial charge in [0.2, 0.25) is 5.88 Å². The lowest BCUT2D eigenvalue weighted by Crippen LogP contribution is -2.23. The van der Waals surface area contributed by atoms with E-state index in [4.69, 9.17) is 4.74 Å². The number of hydrogen-bond acceptors (Lipinski definition) is 4. The van der Waals surface area contributed by atoms with Crippen LogP contribution >= 0.6 is 15.9 Å². The number of rotatable bonds is 3. The maximum absolute atomic E-state index is 12.4. The normalized spacial score (nSPS) is 10.8. The number of aromatic nitrogens is 3. The third kappa shape index (κ3) is 2.80. The predicted octanol–water partition coefficient (Wildman–Crippen LogP) is 2.61. The minimum atomic E-state index is -0.115. The van der Waals surface area contributed by atoms with Gasteiger partial charge in [-0.15, -0.1) is 0 Å². The average molecular weight is 346 g/mol. The molecule has 0 atom stereocenters. The molecule has 0 saturated heterocycles. The van der Waals surface area contributed by atoms with Crippen molar-refractivity contribution in [1.29, 1.82) is 0 Å². The summed E-state index contributed by atoms with van der Waals surface area (Å²) in [7, 11) is 1.57. The van der Waals surface area contributed by atoms with Crippen LogP contribution < -0.4 is 10.3 Å². The summed E-state index contributed by atoms with van der Waals surface area (Å²) >= 11 is 3.39. The van der Waals surface area contributed by atoms with E-state index in [1.807, 2.05) is 18.2 Å². The molecule has 0 aliphatic carbocycles. The maximum atomic E-state index is 12.4. The van der Waals surface area contributed by atoms with Crippen LogP contribution in [0.4, 0.5) is 0 Å². The molecule has 2 heterocycles. The summed E-state index contributed by atoms with van der Waals surface area (Å²) in [6, 6.07) is 9.16. The van der Waals surface area contributed by atoms with E-state index in [9.17, 15) is 4.79 Å². The molecule has 0 aliphatic heterocycles. The number of pyridine rings is 1. The van der Waals surface area contributed by atoms with Crippen LogP contribution in [0.25, 0.3) is 10.8 Å². The Morgan fingerprint density at radius 2 is 2.10 bits per heavy atom. The Hall–Kier alpha value is -2.21. The Morgan fingerprint density at radius 3 is 2.81 bits per heavy atom. The molecule has 0 fully saturated rings. The van der Waals surface area contributed by atoms with Gasteiger partial charge >= 0.3 is 0 Å². The first-order valence-electron chi connectivity index (χ1n) is 6.31. The van der Waals surface area contributed by atoms with E-state index < -0.39 is 0 Å². The topological polar surface area (TPSA) is 57.0 Å². The highest BCUT2D eigenvalue weighted by molar-refractivity contribution is 9.10. The third-order valence-electron chi connectivity index (χ3n) is 3.15. The molecule has 3 aromatic rings. The summed E-state index contributed by atoms with van der Waals surface area (Å²) in [5.74, 6) is 0.544. The summed E-state index contributed by atoms with van der Waals surface area (Å²) in [4.78, 5) is 16.5. The van der Waals surface area contributed by atoms with Crippen molar-refractivity contribution in [3.8, 4) is 5.88 Å². The van der Waals surface area contributed by atoms with Crippen LogP contribution in [0.5, 0.6) is 5.88 Å². The lowest BCUT2D eigenvalue weighted by atomic mass is 10.2. The van der Waals surface area contributed by atoms with Gasteiger partial charge in [0.1, 0.15) is 0 Å². The second kappa shape index (κ2) is 5.65. The number of fused-ring (bicyclic) bond motifs is 1. The summed E-state index contributed by atoms with van der Waals surface area (Å²) in [6.45, 7) is 0.377. The van der Waals surface area contributed by atoms with E-state index >= 15 is 0 Å². The van der Waals surface area contributed by atoms with Crippen LogP contribution in [0.2, 0.25) is 0 Å². The zero-order chi connectivity index (χ0) is 14.8. The van der Waals surface area contributed by atoms with Gasteiger partial charge in [-0.05, 0) is 23.8 Å². The highest BCUT2D eigenvalue weighted by atomic mass is 79.9. The monoisotopic (exact) mass is 345 g/mol. The Bertz CT molecular complexity index is 844. The molecule has 0 amide bonds. The number of halogens is 1. The Kier molecular flexibility index (Phi) is 3.70. The largest absolute Gasteiger partial charge is 0.481 e. The van der Waals surface area contributed by atoms with E-state index in [-0.39, 0.29) is 5.56 Å². The molecule has 5 nitrogen and oxygen atoms in total. The van der Waals surface area contributed by atoms with Gasteiger partial charge in [-0.25, -0.2) is 9.67 Å². The van der Waals surface area contributed by atoms with Gasteiger partial charge < -0.3 is 4.74 Å². The first-order valence-corrected chi connectivity index (χ1v) is 7.11. The lowest BCUT2D eigenvalue weighted by Gasteiger charge is -2.06. The highest BCUT2D eigenvalue weighted by Gasteiger charge is 2.06. The van der Waals surface area contributed by atoms with Gasteiger partial charge in [0.25, 0.3) is 5.56 Å². The van der Waals surface area contributed by atoms with Crippen molar-refractivity contribution in [3.05, 3.63) is 63.1 Å². The van der Waals surface area contributed by atoms with E-state index in [0.717, 1.165) is 15.4 Å². The second-order valence-corrected chi connectivity index (χ2v) is 5.46. The predicted molar refractivity (Wildman–Crippen MR) is 83.6 cm³/mol. The summed E-state index contributed by atoms with van der Waals surface area (Å²) in [5, 5.41) is 5.68. The smallest absolute Gasteiger partial charge is 0.274 e. The Morgan fingerprint density at radius 1 is 1.24 bits per heavy atom. The zero-order valence-corrected chi connectivity index (χ0v) is 12.9. The van der Waals surface area contributed by atoms with E-state index in [0.29, 0.717) is 17.8 Å². The first-order chi connectivity index (χ1) is 10.2. The van der Waals surface area contributed by atoms with Crippen molar-refractivity contribution < 1.29 is 4.74 Å². The Balaban J connectivity index is 1.98. The molecule has 2 aromatic heterocycles. The van der Waals surface area contributed by atoms with Crippen molar-refractivity contribution in [2.75, 3.05) is 7.11 Å². The molecule has 1 aromatic carbocycles. The SMILES string of the molecule is COc1ccc(Cn2ncc3cc(Br)ccc3c2=O)cn1. The molecular weight excluding hydrogens is 334 g/mol. The van der Waals surface area contributed by atoms with Crippen LogP contribution in [0.15, 0.2) is 52.0 Å². The lowest BCUT2D eigenvalue weighted by molar-refractivity contribution is 0.397. The van der Waals surface area contributed by atoms with Crippen molar-refractivity contribution in [2.24, 2.45) is 0 Å². The third-order valence-corrected chi connectivity index (χ3v) is 3.65. The number of hydrogen-bond donors (Lipinski definition) is 0. The molecule has 0 saturated carbocycles. The van der Waals surface area contributed by atoms with Crippen LogP contribution in [-0.4, -0.2) is 21.9 Å². The zero-order valence-electron chi connectivity index (χ0n) is 11.3. The van der Waals surface area contributed by atoms with E-state index in [1.54, 1.807) is 31.6 Å². The molecule has 6 heteroatoms. The van der Waals surface area contributed by atoms with Gasteiger partial charge in [-0.3, -0.25) is 4.79 Å². The minimum Gasteiger partial charge on any atom is -0.481 e. The first kappa shape index (κ1) is 13.8.